The van der Waals surface area contributed by atoms with E-state index in [1.165, 1.54) is 0 Å². The van der Waals surface area contributed by atoms with Crippen LogP contribution >= 0.6 is 0 Å². The number of aryl methyl sites for hydroxylation is 1. The Morgan fingerprint density at radius 2 is 2.24 bits per heavy atom. The molecule has 4 nitrogen and oxygen atoms in total. The third-order valence-corrected chi connectivity index (χ3v) is 3.21. The zero-order valence-electron chi connectivity index (χ0n) is 10.3. The SMILES string of the molecule is Cc1cccc(N2CC(C)CC(C(=O)O)C2)n1. The average Bonchev–Trinajstić information content (AvgIpc) is 2.28. The Labute approximate surface area is 101 Å². The van der Waals surface area contributed by atoms with Gasteiger partial charge in [-0.15, -0.1) is 0 Å². The highest BCUT2D eigenvalue weighted by Gasteiger charge is 2.29. The molecule has 1 fully saturated rings. The first-order chi connectivity index (χ1) is 8.06. The number of carboxylic acids is 1. The van der Waals surface area contributed by atoms with E-state index in [0.29, 0.717) is 12.5 Å². The first-order valence-electron chi connectivity index (χ1n) is 5.97. The predicted molar refractivity (Wildman–Crippen MR) is 66.1 cm³/mol. The number of aliphatic carboxylic acids is 1. The van der Waals surface area contributed by atoms with E-state index in [2.05, 4.69) is 16.8 Å². The maximum atomic E-state index is 11.1. The summed E-state index contributed by atoms with van der Waals surface area (Å²) in [6.07, 6.45) is 0.762. The minimum absolute atomic E-state index is 0.277. The van der Waals surface area contributed by atoms with Gasteiger partial charge in [-0.3, -0.25) is 4.79 Å². The number of pyridine rings is 1. The lowest BCUT2D eigenvalue weighted by molar-refractivity contribution is -0.142. The number of nitrogens with zero attached hydrogens (tertiary/aromatic N) is 2. The Balaban J connectivity index is 2.18. The van der Waals surface area contributed by atoms with E-state index in [1.54, 1.807) is 0 Å². The van der Waals surface area contributed by atoms with E-state index in [1.807, 2.05) is 25.1 Å². The van der Waals surface area contributed by atoms with Crippen molar-refractivity contribution < 1.29 is 9.90 Å². The molecule has 1 aliphatic heterocycles. The quantitative estimate of drug-likeness (QED) is 0.849. The van der Waals surface area contributed by atoms with Crippen molar-refractivity contribution in [3.8, 4) is 0 Å². The molecule has 0 aromatic carbocycles. The van der Waals surface area contributed by atoms with Gasteiger partial charge in [0.15, 0.2) is 0 Å². The van der Waals surface area contributed by atoms with E-state index in [9.17, 15) is 4.79 Å². The lowest BCUT2D eigenvalue weighted by Crippen LogP contribution is -2.42. The molecule has 0 amide bonds. The standard InChI is InChI=1S/C13H18N2O2/c1-9-6-11(13(16)17)8-15(7-9)12-5-3-4-10(2)14-12/h3-5,9,11H,6-8H2,1-2H3,(H,16,17). The molecule has 0 radical (unpaired) electrons. The second-order valence-electron chi connectivity index (χ2n) is 4.92. The minimum atomic E-state index is -0.700. The molecule has 1 aliphatic rings. The van der Waals surface area contributed by atoms with Gasteiger partial charge in [-0.2, -0.15) is 0 Å². The highest BCUT2D eigenvalue weighted by atomic mass is 16.4. The van der Waals surface area contributed by atoms with Gasteiger partial charge in [0.2, 0.25) is 0 Å². The van der Waals surface area contributed by atoms with Crippen molar-refractivity contribution in [1.29, 1.82) is 0 Å². The number of carbonyl (C=O) groups is 1. The van der Waals surface area contributed by atoms with Gasteiger partial charge < -0.3 is 10.0 Å². The molecule has 2 unspecified atom stereocenters. The van der Waals surface area contributed by atoms with Gasteiger partial charge in [0.25, 0.3) is 0 Å². The van der Waals surface area contributed by atoms with Crippen LogP contribution in [0.15, 0.2) is 18.2 Å². The number of anilines is 1. The first-order valence-corrected chi connectivity index (χ1v) is 5.97. The highest BCUT2D eigenvalue weighted by Crippen LogP contribution is 2.25. The minimum Gasteiger partial charge on any atom is -0.481 e. The number of hydrogen-bond acceptors (Lipinski definition) is 3. The van der Waals surface area contributed by atoms with E-state index in [4.69, 9.17) is 5.11 Å². The summed E-state index contributed by atoms with van der Waals surface area (Å²) in [4.78, 5) is 17.6. The molecule has 1 aromatic heterocycles. The topological polar surface area (TPSA) is 53.4 Å². The van der Waals surface area contributed by atoms with Gasteiger partial charge in [-0.25, -0.2) is 4.98 Å². The van der Waals surface area contributed by atoms with E-state index < -0.39 is 5.97 Å². The van der Waals surface area contributed by atoms with Crippen molar-refractivity contribution in [1.82, 2.24) is 4.98 Å². The fourth-order valence-corrected chi connectivity index (χ4v) is 2.42. The maximum absolute atomic E-state index is 11.1. The molecular weight excluding hydrogens is 216 g/mol. The summed E-state index contributed by atoms with van der Waals surface area (Å²) >= 11 is 0. The van der Waals surface area contributed by atoms with Gasteiger partial charge in [-0.1, -0.05) is 13.0 Å². The van der Waals surface area contributed by atoms with Gasteiger partial charge in [0, 0.05) is 18.8 Å². The smallest absolute Gasteiger partial charge is 0.308 e. The lowest BCUT2D eigenvalue weighted by Gasteiger charge is -2.35. The monoisotopic (exact) mass is 234 g/mol. The summed E-state index contributed by atoms with van der Waals surface area (Å²) in [6, 6.07) is 5.86. The van der Waals surface area contributed by atoms with Crippen molar-refractivity contribution in [3.05, 3.63) is 23.9 Å². The zero-order valence-corrected chi connectivity index (χ0v) is 10.3. The van der Waals surface area contributed by atoms with Crippen molar-refractivity contribution in [2.75, 3.05) is 18.0 Å². The van der Waals surface area contributed by atoms with E-state index >= 15 is 0 Å². The number of rotatable bonds is 2. The molecular formula is C13H18N2O2. The molecule has 0 bridgehead atoms. The fourth-order valence-electron chi connectivity index (χ4n) is 2.42. The molecule has 1 saturated heterocycles. The van der Waals surface area contributed by atoms with Crippen LogP contribution in [0, 0.1) is 18.8 Å². The van der Waals surface area contributed by atoms with Gasteiger partial charge >= 0.3 is 5.97 Å². The van der Waals surface area contributed by atoms with Gasteiger partial charge in [-0.05, 0) is 31.4 Å². The summed E-state index contributed by atoms with van der Waals surface area (Å²) in [6.45, 7) is 5.50. The van der Waals surface area contributed by atoms with Crippen LogP contribution < -0.4 is 4.90 Å². The zero-order chi connectivity index (χ0) is 12.4. The Morgan fingerprint density at radius 3 is 2.88 bits per heavy atom. The molecule has 2 heterocycles. The first kappa shape index (κ1) is 11.9. The summed E-state index contributed by atoms with van der Waals surface area (Å²) in [7, 11) is 0. The van der Waals surface area contributed by atoms with E-state index in [-0.39, 0.29) is 5.92 Å². The molecule has 1 aromatic rings. The van der Waals surface area contributed by atoms with Gasteiger partial charge in [0.05, 0.1) is 5.92 Å². The fraction of sp³-hybridized carbons (Fsp3) is 0.538. The molecule has 0 saturated carbocycles. The molecule has 92 valence electrons. The maximum Gasteiger partial charge on any atom is 0.308 e. The highest BCUT2D eigenvalue weighted by molar-refractivity contribution is 5.71. The summed E-state index contributed by atoms with van der Waals surface area (Å²) in [5.74, 6) is 0.310. The Kier molecular flexibility index (Phi) is 3.31. The third kappa shape index (κ3) is 2.75. The number of aromatic nitrogens is 1. The van der Waals surface area contributed by atoms with Crippen molar-refractivity contribution >= 4 is 11.8 Å². The molecule has 0 spiro atoms. The normalized spacial score (nSPS) is 24.7. The Bertz CT molecular complexity index is 420. The van der Waals surface area contributed by atoms with Crippen LogP contribution in [0.25, 0.3) is 0 Å². The second kappa shape index (κ2) is 4.73. The van der Waals surface area contributed by atoms with Crippen LogP contribution in [-0.4, -0.2) is 29.1 Å². The second-order valence-corrected chi connectivity index (χ2v) is 4.92. The van der Waals surface area contributed by atoms with Crippen LogP contribution in [-0.2, 0) is 4.79 Å². The number of carboxylic acid groups (broad SMARTS) is 1. The molecule has 2 rings (SSSR count). The Hall–Kier alpha value is -1.58. The average molecular weight is 234 g/mol. The van der Waals surface area contributed by atoms with Crippen LogP contribution in [0.1, 0.15) is 19.0 Å². The third-order valence-electron chi connectivity index (χ3n) is 3.21. The van der Waals surface area contributed by atoms with Crippen LogP contribution in [0.4, 0.5) is 5.82 Å². The summed E-state index contributed by atoms with van der Waals surface area (Å²) in [5.41, 5.74) is 0.965. The summed E-state index contributed by atoms with van der Waals surface area (Å²) < 4.78 is 0. The lowest BCUT2D eigenvalue weighted by atomic mass is 9.90. The molecule has 1 N–H and O–H groups in total. The molecule has 4 heteroatoms. The van der Waals surface area contributed by atoms with Crippen LogP contribution in [0.2, 0.25) is 0 Å². The predicted octanol–water partition coefficient (Wildman–Crippen LogP) is 1.94. The molecule has 2 atom stereocenters. The van der Waals surface area contributed by atoms with Crippen molar-refractivity contribution in [3.63, 3.8) is 0 Å². The largest absolute Gasteiger partial charge is 0.481 e. The number of piperidine rings is 1. The number of hydrogen-bond donors (Lipinski definition) is 1. The van der Waals surface area contributed by atoms with E-state index in [0.717, 1.165) is 24.5 Å². The molecule has 17 heavy (non-hydrogen) atoms. The van der Waals surface area contributed by atoms with Crippen molar-refractivity contribution in [2.45, 2.75) is 20.3 Å². The van der Waals surface area contributed by atoms with Crippen molar-refractivity contribution in [2.24, 2.45) is 11.8 Å². The van der Waals surface area contributed by atoms with Crippen LogP contribution in [0.3, 0.4) is 0 Å². The van der Waals surface area contributed by atoms with Gasteiger partial charge in [0.1, 0.15) is 5.82 Å². The molecule has 0 aliphatic carbocycles. The van der Waals surface area contributed by atoms with Crippen LogP contribution in [0.5, 0.6) is 0 Å². The Morgan fingerprint density at radius 1 is 1.47 bits per heavy atom. The summed E-state index contributed by atoms with van der Waals surface area (Å²) in [5, 5.41) is 9.13.